The number of rotatable bonds is 5. The van der Waals surface area contributed by atoms with Crippen molar-refractivity contribution >= 4 is 50.5 Å². The molecule has 3 aromatic carbocycles. The van der Waals surface area contributed by atoms with E-state index in [9.17, 15) is 13.2 Å². The lowest BCUT2D eigenvalue weighted by Crippen LogP contribution is -2.45. The molecule has 31 heavy (non-hydrogen) atoms. The normalized spacial score (nSPS) is 13.5. The fourth-order valence-corrected chi connectivity index (χ4v) is 5.40. The average molecular weight is 475 g/mol. The highest BCUT2D eigenvalue weighted by Gasteiger charge is 2.31. The first-order valence-electron chi connectivity index (χ1n) is 9.79. The van der Waals surface area contributed by atoms with Gasteiger partial charge in [0.1, 0.15) is 6.54 Å². The van der Waals surface area contributed by atoms with Crippen LogP contribution in [0.5, 0.6) is 0 Å². The van der Waals surface area contributed by atoms with Crippen LogP contribution >= 0.6 is 23.2 Å². The first kappa shape index (κ1) is 21.7. The molecule has 3 aromatic rings. The summed E-state index contributed by atoms with van der Waals surface area (Å²) < 4.78 is 28.0. The Balaban J connectivity index is 1.73. The van der Waals surface area contributed by atoms with E-state index < -0.39 is 10.0 Å². The maximum absolute atomic E-state index is 13.5. The lowest BCUT2D eigenvalue weighted by molar-refractivity contribution is -0.117. The van der Waals surface area contributed by atoms with E-state index in [-0.39, 0.29) is 28.1 Å². The van der Waals surface area contributed by atoms with E-state index in [0.29, 0.717) is 11.6 Å². The first-order chi connectivity index (χ1) is 14.9. The van der Waals surface area contributed by atoms with E-state index in [1.165, 1.54) is 24.3 Å². The predicted molar refractivity (Wildman–Crippen MR) is 125 cm³/mol. The van der Waals surface area contributed by atoms with Gasteiger partial charge in [0.2, 0.25) is 5.91 Å². The van der Waals surface area contributed by atoms with Gasteiger partial charge in [-0.2, -0.15) is 0 Å². The monoisotopic (exact) mass is 474 g/mol. The van der Waals surface area contributed by atoms with Crippen molar-refractivity contribution < 1.29 is 13.2 Å². The third kappa shape index (κ3) is 4.42. The summed E-state index contributed by atoms with van der Waals surface area (Å²) in [5.74, 6) is -0.308. The number of benzene rings is 3. The molecular weight excluding hydrogens is 455 g/mol. The molecule has 1 aliphatic rings. The van der Waals surface area contributed by atoms with Gasteiger partial charge in [-0.3, -0.25) is 9.10 Å². The molecular formula is C23H20Cl2N2O3S. The summed E-state index contributed by atoms with van der Waals surface area (Å²) >= 11 is 12.2. The topological polar surface area (TPSA) is 57.7 Å². The van der Waals surface area contributed by atoms with Gasteiger partial charge < -0.3 is 4.90 Å². The van der Waals surface area contributed by atoms with E-state index in [4.69, 9.17) is 23.2 Å². The van der Waals surface area contributed by atoms with Crippen molar-refractivity contribution in [1.29, 1.82) is 0 Å². The second-order valence-corrected chi connectivity index (χ2v) is 9.88. The van der Waals surface area contributed by atoms with E-state index in [0.717, 1.165) is 28.4 Å². The number of hydrogen-bond donors (Lipinski definition) is 0. The van der Waals surface area contributed by atoms with Crippen LogP contribution in [0.3, 0.4) is 0 Å². The highest BCUT2D eigenvalue weighted by Crippen LogP contribution is 2.32. The van der Waals surface area contributed by atoms with Crippen LogP contribution < -0.4 is 9.21 Å². The lowest BCUT2D eigenvalue weighted by Gasteiger charge is -2.32. The van der Waals surface area contributed by atoms with Crippen molar-refractivity contribution in [1.82, 2.24) is 0 Å². The minimum absolute atomic E-state index is 0.0907. The second kappa shape index (κ2) is 8.91. The van der Waals surface area contributed by atoms with E-state index >= 15 is 0 Å². The van der Waals surface area contributed by atoms with Gasteiger partial charge in [-0.15, -0.1) is 0 Å². The van der Waals surface area contributed by atoms with Gasteiger partial charge in [-0.05, 0) is 54.8 Å². The summed E-state index contributed by atoms with van der Waals surface area (Å²) in [6, 6.07) is 20.2. The molecule has 8 heteroatoms. The molecule has 0 atom stereocenters. The highest BCUT2D eigenvalue weighted by molar-refractivity contribution is 7.92. The van der Waals surface area contributed by atoms with Crippen LogP contribution in [0.25, 0.3) is 0 Å². The predicted octanol–water partition coefficient (Wildman–Crippen LogP) is 5.17. The van der Waals surface area contributed by atoms with Gasteiger partial charge in [0.15, 0.2) is 0 Å². The van der Waals surface area contributed by atoms with Crippen LogP contribution in [0.15, 0.2) is 77.7 Å². The van der Waals surface area contributed by atoms with Crippen LogP contribution in [0.1, 0.15) is 12.0 Å². The number of carbonyl (C=O) groups excluding carboxylic acids is 1. The SMILES string of the molecule is O=C(CN(c1ccc(Cl)c(Cl)c1)S(=O)(=O)c1ccccc1)N1CCCc2ccccc21. The number of sulfonamides is 1. The van der Waals surface area contributed by atoms with Crippen molar-refractivity contribution in [2.45, 2.75) is 17.7 Å². The number of aryl methyl sites for hydroxylation is 1. The Labute approximate surface area is 191 Å². The Kier molecular flexibility index (Phi) is 6.23. The number of carbonyl (C=O) groups is 1. The molecule has 0 aromatic heterocycles. The summed E-state index contributed by atoms with van der Waals surface area (Å²) in [5, 5.41) is 0.516. The molecule has 0 spiro atoms. The fourth-order valence-electron chi connectivity index (χ4n) is 3.68. The van der Waals surface area contributed by atoms with Gasteiger partial charge in [0.25, 0.3) is 10.0 Å². The molecule has 160 valence electrons. The summed E-state index contributed by atoms with van der Waals surface area (Å²) in [7, 11) is -4.01. The zero-order valence-electron chi connectivity index (χ0n) is 16.5. The molecule has 0 radical (unpaired) electrons. The molecule has 5 nitrogen and oxygen atoms in total. The van der Waals surface area contributed by atoms with Crippen molar-refractivity contribution in [3.63, 3.8) is 0 Å². The molecule has 0 fully saturated rings. The summed E-state index contributed by atoms with van der Waals surface area (Å²) in [4.78, 5) is 15.1. The summed E-state index contributed by atoms with van der Waals surface area (Å²) in [5.41, 5.74) is 2.18. The maximum atomic E-state index is 13.5. The number of halogens is 2. The molecule has 0 saturated carbocycles. The third-order valence-corrected chi connectivity index (χ3v) is 7.74. The van der Waals surface area contributed by atoms with Gasteiger partial charge in [-0.25, -0.2) is 8.42 Å². The van der Waals surface area contributed by atoms with Gasteiger partial charge >= 0.3 is 0 Å². The lowest BCUT2D eigenvalue weighted by atomic mass is 10.0. The quantitative estimate of drug-likeness (QED) is 0.512. The van der Waals surface area contributed by atoms with Crippen LogP contribution in [0.2, 0.25) is 10.0 Å². The van der Waals surface area contributed by atoms with Crippen molar-refractivity contribution in [3.8, 4) is 0 Å². The molecule has 0 bridgehead atoms. The van der Waals surface area contributed by atoms with E-state index in [1.807, 2.05) is 24.3 Å². The minimum atomic E-state index is -4.01. The Morgan fingerprint density at radius 3 is 2.39 bits per heavy atom. The van der Waals surface area contributed by atoms with Crippen molar-refractivity contribution in [2.24, 2.45) is 0 Å². The molecule has 1 aliphatic heterocycles. The Bertz CT molecular complexity index is 1220. The van der Waals surface area contributed by atoms with Crippen LogP contribution in [-0.4, -0.2) is 27.4 Å². The molecule has 0 unspecified atom stereocenters. The van der Waals surface area contributed by atoms with E-state index in [1.54, 1.807) is 29.2 Å². The highest BCUT2D eigenvalue weighted by atomic mass is 35.5. The van der Waals surface area contributed by atoms with Gasteiger partial charge in [0, 0.05) is 12.2 Å². The number of nitrogens with zero attached hydrogens (tertiary/aromatic N) is 2. The smallest absolute Gasteiger partial charge is 0.264 e. The zero-order chi connectivity index (χ0) is 22.0. The molecule has 0 aliphatic carbocycles. The summed E-state index contributed by atoms with van der Waals surface area (Å²) in [6.07, 6.45) is 1.71. The molecule has 1 heterocycles. The van der Waals surface area contributed by atoms with Crippen molar-refractivity contribution in [3.05, 3.63) is 88.4 Å². The second-order valence-electron chi connectivity index (χ2n) is 7.20. The zero-order valence-corrected chi connectivity index (χ0v) is 18.9. The standard InChI is InChI=1S/C23H20Cl2N2O3S/c24-20-13-12-18(15-21(20)25)27(31(29,30)19-9-2-1-3-10-19)16-23(28)26-14-6-8-17-7-4-5-11-22(17)26/h1-5,7,9-13,15H,6,8,14,16H2. The number of amides is 1. The van der Waals surface area contributed by atoms with Crippen LogP contribution in [0, 0.1) is 0 Å². The summed E-state index contributed by atoms with van der Waals surface area (Å²) in [6.45, 7) is 0.181. The largest absolute Gasteiger partial charge is 0.311 e. The minimum Gasteiger partial charge on any atom is -0.311 e. The third-order valence-electron chi connectivity index (χ3n) is 5.21. The average Bonchev–Trinajstić information content (AvgIpc) is 2.79. The van der Waals surface area contributed by atoms with E-state index in [2.05, 4.69) is 0 Å². The van der Waals surface area contributed by atoms with Crippen molar-refractivity contribution in [2.75, 3.05) is 22.3 Å². The molecule has 1 amide bonds. The Morgan fingerprint density at radius 1 is 0.935 bits per heavy atom. The Hall–Kier alpha value is -2.54. The fraction of sp³-hybridized carbons (Fsp3) is 0.174. The molecule has 4 rings (SSSR count). The number of para-hydroxylation sites is 1. The maximum Gasteiger partial charge on any atom is 0.264 e. The number of anilines is 2. The Morgan fingerprint density at radius 2 is 1.65 bits per heavy atom. The van der Waals surface area contributed by atoms with Crippen LogP contribution in [-0.2, 0) is 21.2 Å². The first-order valence-corrected chi connectivity index (χ1v) is 12.0. The van der Waals surface area contributed by atoms with Crippen LogP contribution in [0.4, 0.5) is 11.4 Å². The van der Waals surface area contributed by atoms with Gasteiger partial charge in [-0.1, -0.05) is 59.6 Å². The van der Waals surface area contributed by atoms with Gasteiger partial charge in [0.05, 0.1) is 20.6 Å². The number of fused-ring (bicyclic) bond motifs is 1. The molecule has 0 N–H and O–H groups in total. The number of hydrogen-bond acceptors (Lipinski definition) is 3. The molecule has 0 saturated heterocycles.